The number of benzene rings is 1. The molecule has 0 bridgehead atoms. The van der Waals surface area contributed by atoms with Gasteiger partial charge in [0.15, 0.2) is 11.6 Å². The first-order chi connectivity index (χ1) is 9.51. The Kier molecular flexibility index (Phi) is 5.11. The topological polar surface area (TPSA) is 21.3 Å². The van der Waals surface area contributed by atoms with Crippen LogP contribution in [0.1, 0.15) is 32.3 Å². The molecule has 4 heteroatoms. The summed E-state index contributed by atoms with van der Waals surface area (Å²) in [5, 5.41) is 3.45. The summed E-state index contributed by atoms with van der Waals surface area (Å²) in [6.45, 7) is 6.51. The Bertz CT molecular complexity index is 442. The van der Waals surface area contributed by atoms with Crippen LogP contribution < -0.4 is 5.32 Å². The maximum absolute atomic E-state index is 13.4. The number of ether oxygens (including phenoxy) is 1. The number of halogens is 2. The van der Waals surface area contributed by atoms with E-state index in [0.29, 0.717) is 19.1 Å². The second-order valence-corrected chi connectivity index (χ2v) is 6.12. The van der Waals surface area contributed by atoms with Crippen molar-refractivity contribution in [3.8, 4) is 0 Å². The molecular weight excluding hydrogens is 260 g/mol. The van der Waals surface area contributed by atoms with Crippen LogP contribution in [0.3, 0.4) is 0 Å². The minimum absolute atomic E-state index is 0.0210. The lowest BCUT2D eigenvalue weighted by Crippen LogP contribution is -2.44. The molecule has 1 aliphatic rings. The molecule has 1 aromatic rings. The van der Waals surface area contributed by atoms with Gasteiger partial charge in [-0.25, -0.2) is 8.78 Å². The summed E-state index contributed by atoms with van der Waals surface area (Å²) in [5.74, 6) is -1.56. The molecule has 0 radical (unpaired) electrons. The minimum Gasteiger partial charge on any atom is -0.381 e. The van der Waals surface area contributed by atoms with E-state index in [0.717, 1.165) is 31.6 Å². The van der Waals surface area contributed by atoms with Crippen molar-refractivity contribution >= 4 is 0 Å². The molecule has 1 heterocycles. The van der Waals surface area contributed by atoms with Gasteiger partial charge in [0, 0.05) is 24.6 Å². The first-order valence-electron chi connectivity index (χ1n) is 7.26. The van der Waals surface area contributed by atoms with Crippen molar-refractivity contribution in [2.24, 2.45) is 5.41 Å². The molecule has 112 valence electrons. The molecule has 20 heavy (non-hydrogen) atoms. The molecule has 1 unspecified atom stereocenters. The molecule has 1 aromatic carbocycles. The maximum atomic E-state index is 13.4. The first-order valence-corrected chi connectivity index (χ1v) is 7.26. The lowest BCUT2D eigenvalue weighted by molar-refractivity contribution is -0.00806. The fraction of sp³-hybridized carbons (Fsp3) is 0.625. The molecule has 1 fully saturated rings. The molecule has 0 saturated carbocycles. The van der Waals surface area contributed by atoms with E-state index >= 15 is 0 Å². The van der Waals surface area contributed by atoms with E-state index in [1.54, 1.807) is 6.07 Å². The summed E-state index contributed by atoms with van der Waals surface area (Å²) in [7, 11) is 0. The highest BCUT2D eigenvalue weighted by atomic mass is 19.2. The van der Waals surface area contributed by atoms with Crippen molar-refractivity contribution in [3.63, 3.8) is 0 Å². The average Bonchev–Trinajstić information content (AvgIpc) is 2.42. The largest absolute Gasteiger partial charge is 0.381 e. The lowest BCUT2D eigenvalue weighted by Gasteiger charge is -2.38. The third kappa shape index (κ3) is 4.00. The van der Waals surface area contributed by atoms with Crippen LogP contribution in [0.25, 0.3) is 0 Å². The highest BCUT2D eigenvalue weighted by Gasteiger charge is 2.33. The molecule has 0 aromatic heterocycles. The van der Waals surface area contributed by atoms with Crippen molar-refractivity contribution in [3.05, 3.63) is 35.4 Å². The lowest BCUT2D eigenvalue weighted by atomic mass is 9.77. The Morgan fingerprint density at radius 3 is 2.70 bits per heavy atom. The van der Waals surface area contributed by atoms with E-state index in [1.807, 2.05) is 0 Å². The zero-order valence-electron chi connectivity index (χ0n) is 12.2. The molecule has 1 atom stereocenters. The second-order valence-electron chi connectivity index (χ2n) is 6.12. The zero-order valence-corrected chi connectivity index (χ0v) is 12.2. The van der Waals surface area contributed by atoms with E-state index < -0.39 is 11.6 Å². The normalized spacial score (nSPS) is 23.2. The van der Waals surface area contributed by atoms with Gasteiger partial charge in [-0.3, -0.25) is 0 Å². The quantitative estimate of drug-likeness (QED) is 0.895. The number of hydrogen-bond donors (Lipinski definition) is 1. The second kappa shape index (κ2) is 6.64. The third-order valence-corrected chi connectivity index (χ3v) is 3.85. The maximum Gasteiger partial charge on any atom is 0.159 e. The Hall–Kier alpha value is -1.00. The molecule has 1 saturated heterocycles. The minimum atomic E-state index is -0.789. The van der Waals surface area contributed by atoms with Gasteiger partial charge in [0.1, 0.15) is 0 Å². The summed E-state index contributed by atoms with van der Waals surface area (Å²) in [4.78, 5) is 0. The predicted octanol–water partition coefficient (Wildman–Crippen LogP) is 3.30. The van der Waals surface area contributed by atoms with E-state index in [2.05, 4.69) is 19.2 Å². The summed E-state index contributed by atoms with van der Waals surface area (Å²) >= 11 is 0. The number of hydrogen-bond acceptors (Lipinski definition) is 2. The monoisotopic (exact) mass is 283 g/mol. The zero-order chi connectivity index (χ0) is 14.6. The van der Waals surface area contributed by atoms with Gasteiger partial charge in [-0.05, 0) is 37.0 Å². The van der Waals surface area contributed by atoms with Crippen LogP contribution in [0.15, 0.2) is 18.2 Å². The Morgan fingerprint density at radius 2 is 2.10 bits per heavy atom. The van der Waals surface area contributed by atoms with Gasteiger partial charge >= 0.3 is 0 Å². The smallest absolute Gasteiger partial charge is 0.159 e. The van der Waals surface area contributed by atoms with E-state index in [-0.39, 0.29) is 5.41 Å². The van der Waals surface area contributed by atoms with Gasteiger partial charge < -0.3 is 10.1 Å². The standard InChI is InChI=1S/C16H23F2NO/c1-12(2)19-10-16(6-3-7-20-11-16)9-13-4-5-14(17)15(18)8-13/h4-5,8,12,19H,3,6-7,9-11H2,1-2H3. The molecular formula is C16H23F2NO. The van der Waals surface area contributed by atoms with Crippen LogP contribution in [0.5, 0.6) is 0 Å². The molecule has 1 aliphatic heterocycles. The fourth-order valence-corrected chi connectivity index (χ4v) is 2.75. The van der Waals surface area contributed by atoms with Gasteiger partial charge in [0.2, 0.25) is 0 Å². The van der Waals surface area contributed by atoms with Crippen molar-refractivity contribution in [1.29, 1.82) is 0 Å². The molecule has 0 spiro atoms. The van der Waals surface area contributed by atoms with Crippen LogP contribution >= 0.6 is 0 Å². The van der Waals surface area contributed by atoms with Crippen molar-refractivity contribution in [2.75, 3.05) is 19.8 Å². The van der Waals surface area contributed by atoms with Crippen LogP contribution in [-0.4, -0.2) is 25.8 Å². The van der Waals surface area contributed by atoms with Crippen molar-refractivity contribution in [1.82, 2.24) is 5.32 Å². The van der Waals surface area contributed by atoms with Crippen molar-refractivity contribution in [2.45, 2.75) is 39.2 Å². The van der Waals surface area contributed by atoms with E-state index in [1.165, 1.54) is 12.1 Å². The predicted molar refractivity (Wildman–Crippen MR) is 75.7 cm³/mol. The van der Waals surface area contributed by atoms with E-state index in [4.69, 9.17) is 4.74 Å². The molecule has 0 aliphatic carbocycles. The Balaban J connectivity index is 2.11. The first kappa shape index (κ1) is 15.4. The number of rotatable bonds is 5. The van der Waals surface area contributed by atoms with Gasteiger partial charge in [-0.1, -0.05) is 19.9 Å². The number of nitrogens with one attached hydrogen (secondary N) is 1. The average molecular weight is 283 g/mol. The van der Waals surface area contributed by atoms with Gasteiger partial charge in [-0.2, -0.15) is 0 Å². The van der Waals surface area contributed by atoms with Crippen LogP contribution in [-0.2, 0) is 11.2 Å². The highest BCUT2D eigenvalue weighted by molar-refractivity contribution is 5.19. The Morgan fingerprint density at radius 1 is 1.30 bits per heavy atom. The third-order valence-electron chi connectivity index (χ3n) is 3.85. The molecule has 1 N–H and O–H groups in total. The van der Waals surface area contributed by atoms with E-state index in [9.17, 15) is 8.78 Å². The van der Waals surface area contributed by atoms with Gasteiger partial charge in [-0.15, -0.1) is 0 Å². The Labute approximate surface area is 119 Å². The molecule has 2 rings (SSSR count). The van der Waals surface area contributed by atoms with Crippen LogP contribution in [0.4, 0.5) is 8.78 Å². The highest BCUT2D eigenvalue weighted by Crippen LogP contribution is 2.32. The van der Waals surface area contributed by atoms with Crippen LogP contribution in [0.2, 0.25) is 0 Å². The van der Waals surface area contributed by atoms with Crippen molar-refractivity contribution < 1.29 is 13.5 Å². The summed E-state index contributed by atoms with van der Waals surface area (Å²) in [6.07, 6.45) is 2.78. The fourth-order valence-electron chi connectivity index (χ4n) is 2.75. The summed E-state index contributed by atoms with van der Waals surface area (Å²) in [6, 6.07) is 4.59. The summed E-state index contributed by atoms with van der Waals surface area (Å²) in [5.41, 5.74) is 0.812. The molecule has 2 nitrogen and oxygen atoms in total. The van der Waals surface area contributed by atoms with Gasteiger partial charge in [0.05, 0.1) is 6.61 Å². The van der Waals surface area contributed by atoms with Gasteiger partial charge in [0.25, 0.3) is 0 Å². The summed E-state index contributed by atoms with van der Waals surface area (Å²) < 4.78 is 32.0. The molecule has 0 amide bonds. The van der Waals surface area contributed by atoms with Crippen LogP contribution in [0, 0.1) is 17.0 Å². The SMILES string of the molecule is CC(C)NCC1(Cc2ccc(F)c(F)c2)CCCOC1.